The number of carboxylic acid groups (broad SMARTS) is 1. The second kappa shape index (κ2) is 8.54. The highest BCUT2D eigenvalue weighted by atomic mass is 16.6. The highest BCUT2D eigenvalue weighted by molar-refractivity contribution is 6.22. The summed E-state index contributed by atoms with van der Waals surface area (Å²) in [6.45, 7) is 10.2. The summed E-state index contributed by atoms with van der Waals surface area (Å²) in [5.74, 6) is -1.55. The zero-order chi connectivity index (χ0) is 21.0. The van der Waals surface area contributed by atoms with Crippen molar-refractivity contribution in [1.82, 2.24) is 10.2 Å². The SMILES string of the molecule is CC(NCCN(CC(=O)O)C(=O)OC(C)(C)C)=C1C(=O)CC(C)(C)CC1=O. The van der Waals surface area contributed by atoms with E-state index in [-0.39, 0.29) is 35.6 Å². The molecule has 152 valence electrons. The molecule has 0 heterocycles. The first-order valence-corrected chi connectivity index (χ1v) is 8.93. The maximum Gasteiger partial charge on any atom is 0.410 e. The minimum absolute atomic E-state index is 0.0553. The van der Waals surface area contributed by atoms with Crippen LogP contribution in [0.3, 0.4) is 0 Å². The van der Waals surface area contributed by atoms with Gasteiger partial charge in [-0.1, -0.05) is 13.8 Å². The number of ether oxygens (including phenoxy) is 1. The lowest BCUT2D eigenvalue weighted by Gasteiger charge is -2.30. The van der Waals surface area contributed by atoms with Gasteiger partial charge >= 0.3 is 12.1 Å². The molecule has 1 fully saturated rings. The van der Waals surface area contributed by atoms with Gasteiger partial charge in [-0.05, 0) is 33.1 Å². The molecule has 8 nitrogen and oxygen atoms in total. The maximum atomic E-state index is 12.3. The van der Waals surface area contributed by atoms with Gasteiger partial charge < -0.3 is 15.2 Å². The molecule has 8 heteroatoms. The van der Waals surface area contributed by atoms with E-state index in [1.54, 1.807) is 27.7 Å². The third-order valence-electron chi connectivity index (χ3n) is 3.96. The fourth-order valence-corrected chi connectivity index (χ4v) is 2.87. The number of nitrogens with zero attached hydrogens (tertiary/aromatic N) is 1. The quantitative estimate of drug-likeness (QED) is 0.534. The number of hydrogen-bond donors (Lipinski definition) is 2. The predicted molar refractivity (Wildman–Crippen MR) is 99.2 cm³/mol. The van der Waals surface area contributed by atoms with E-state index in [0.717, 1.165) is 4.90 Å². The average molecular weight is 382 g/mol. The summed E-state index contributed by atoms with van der Waals surface area (Å²) in [5.41, 5.74) is -0.476. The third-order valence-corrected chi connectivity index (χ3v) is 3.96. The molecular formula is C19H30N2O6. The molecule has 0 saturated heterocycles. The van der Waals surface area contributed by atoms with Gasteiger partial charge in [0.05, 0.1) is 5.57 Å². The summed E-state index contributed by atoms with van der Waals surface area (Å²) in [5, 5.41) is 12.0. The molecule has 1 rings (SSSR count). The molecule has 2 N–H and O–H groups in total. The van der Waals surface area contributed by atoms with Gasteiger partial charge in [0.2, 0.25) is 0 Å². The van der Waals surface area contributed by atoms with Crippen LogP contribution in [-0.4, -0.2) is 58.9 Å². The molecular weight excluding hydrogens is 352 g/mol. The summed E-state index contributed by atoms with van der Waals surface area (Å²) in [4.78, 5) is 48.8. The number of nitrogens with one attached hydrogen (secondary N) is 1. The number of ketones is 2. The summed E-state index contributed by atoms with van der Waals surface area (Å²) >= 11 is 0. The molecule has 0 aromatic rings. The molecule has 0 aliphatic heterocycles. The van der Waals surface area contributed by atoms with Gasteiger partial charge in [0, 0.05) is 31.6 Å². The van der Waals surface area contributed by atoms with Crippen LogP contribution in [0.15, 0.2) is 11.3 Å². The molecule has 0 radical (unpaired) electrons. The Labute approximate surface area is 159 Å². The van der Waals surface area contributed by atoms with Crippen molar-refractivity contribution in [2.45, 2.75) is 60.0 Å². The van der Waals surface area contributed by atoms with Crippen molar-refractivity contribution in [2.24, 2.45) is 5.41 Å². The Morgan fingerprint density at radius 3 is 2.15 bits per heavy atom. The molecule has 0 bridgehead atoms. The van der Waals surface area contributed by atoms with E-state index in [2.05, 4.69) is 5.32 Å². The highest BCUT2D eigenvalue weighted by Crippen LogP contribution is 2.34. The van der Waals surface area contributed by atoms with Gasteiger partial charge in [-0.3, -0.25) is 19.3 Å². The van der Waals surface area contributed by atoms with Crippen LogP contribution >= 0.6 is 0 Å². The number of carboxylic acids is 1. The van der Waals surface area contributed by atoms with E-state index >= 15 is 0 Å². The van der Waals surface area contributed by atoms with Gasteiger partial charge in [0.1, 0.15) is 12.1 Å². The standard InChI is InChI=1S/C19H30N2O6/c1-12(16-13(22)9-19(5,6)10-14(16)23)20-7-8-21(11-15(24)25)17(26)27-18(2,3)4/h20H,7-11H2,1-6H3,(H,24,25). The summed E-state index contributed by atoms with van der Waals surface area (Å²) in [7, 11) is 0. The van der Waals surface area contributed by atoms with Gasteiger partial charge in [-0.2, -0.15) is 0 Å². The van der Waals surface area contributed by atoms with Crippen LogP contribution in [0.5, 0.6) is 0 Å². The molecule has 0 atom stereocenters. The van der Waals surface area contributed by atoms with Crippen LogP contribution in [0.2, 0.25) is 0 Å². The second-order valence-corrected chi connectivity index (χ2v) is 8.59. The molecule has 1 aliphatic carbocycles. The monoisotopic (exact) mass is 382 g/mol. The van der Waals surface area contributed by atoms with Crippen molar-refractivity contribution in [2.75, 3.05) is 19.6 Å². The van der Waals surface area contributed by atoms with Crippen molar-refractivity contribution >= 4 is 23.6 Å². The molecule has 0 aromatic carbocycles. The molecule has 0 spiro atoms. The largest absolute Gasteiger partial charge is 0.480 e. The van der Waals surface area contributed by atoms with E-state index in [0.29, 0.717) is 18.5 Å². The third kappa shape index (κ3) is 7.40. The summed E-state index contributed by atoms with van der Waals surface area (Å²) in [6.07, 6.45) is -0.129. The lowest BCUT2D eigenvalue weighted by molar-refractivity contribution is -0.138. The van der Waals surface area contributed by atoms with Crippen LogP contribution in [0, 0.1) is 5.41 Å². The summed E-state index contributed by atoms with van der Waals surface area (Å²) in [6, 6.07) is 0. The van der Waals surface area contributed by atoms with Gasteiger partial charge in [-0.25, -0.2) is 4.79 Å². The molecule has 27 heavy (non-hydrogen) atoms. The predicted octanol–water partition coefficient (Wildman–Crippen LogP) is 2.13. The molecule has 0 aromatic heterocycles. The Kier molecular flexibility index (Phi) is 7.17. The Morgan fingerprint density at radius 2 is 1.70 bits per heavy atom. The first-order chi connectivity index (χ1) is 12.2. The first-order valence-electron chi connectivity index (χ1n) is 8.93. The van der Waals surface area contributed by atoms with E-state index < -0.39 is 24.2 Å². The van der Waals surface area contributed by atoms with Crippen molar-refractivity contribution < 1.29 is 29.0 Å². The zero-order valence-corrected chi connectivity index (χ0v) is 17.0. The number of carbonyl (C=O) groups is 4. The van der Waals surface area contributed by atoms with E-state index in [1.165, 1.54) is 0 Å². The van der Waals surface area contributed by atoms with Crippen LogP contribution < -0.4 is 5.32 Å². The van der Waals surface area contributed by atoms with E-state index in [4.69, 9.17) is 9.84 Å². The summed E-state index contributed by atoms with van der Waals surface area (Å²) < 4.78 is 5.21. The Hall–Kier alpha value is -2.38. The zero-order valence-electron chi connectivity index (χ0n) is 17.0. The van der Waals surface area contributed by atoms with Gasteiger partial charge in [0.15, 0.2) is 11.6 Å². The van der Waals surface area contributed by atoms with Gasteiger partial charge in [0.25, 0.3) is 0 Å². The Bertz CT molecular complexity index is 636. The van der Waals surface area contributed by atoms with Crippen molar-refractivity contribution in [3.63, 3.8) is 0 Å². The maximum absolute atomic E-state index is 12.3. The normalized spacial score (nSPS) is 16.7. The minimum atomic E-state index is -1.16. The van der Waals surface area contributed by atoms with Crippen LogP contribution in [-0.2, 0) is 19.1 Å². The number of allylic oxidation sites excluding steroid dienone is 2. The average Bonchev–Trinajstić information content (AvgIpc) is 2.41. The van der Waals surface area contributed by atoms with Crippen molar-refractivity contribution in [3.05, 3.63) is 11.3 Å². The smallest absolute Gasteiger partial charge is 0.410 e. The van der Waals surface area contributed by atoms with Gasteiger partial charge in [-0.15, -0.1) is 0 Å². The molecule has 0 unspecified atom stereocenters. The molecule has 1 aliphatic rings. The number of rotatable bonds is 6. The Balaban J connectivity index is 2.76. The number of carbonyl (C=O) groups excluding carboxylic acids is 3. The Morgan fingerprint density at radius 1 is 1.19 bits per heavy atom. The van der Waals surface area contributed by atoms with E-state index in [9.17, 15) is 19.2 Å². The van der Waals surface area contributed by atoms with Crippen molar-refractivity contribution in [1.29, 1.82) is 0 Å². The van der Waals surface area contributed by atoms with Crippen LogP contribution in [0.1, 0.15) is 54.4 Å². The molecule has 1 saturated carbocycles. The van der Waals surface area contributed by atoms with Crippen LogP contribution in [0.25, 0.3) is 0 Å². The lowest BCUT2D eigenvalue weighted by Crippen LogP contribution is -2.43. The fraction of sp³-hybridized carbons (Fsp3) is 0.684. The number of hydrogen-bond acceptors (Lipinski definition) is 6. The first kappa shape index (κ1) is 22.7. The second-order valence-electron chi connectivity index (χ2n) is 8.59. The lowest BCUT2D eigenvalue weighted by atomic mass is 9.73. The minimum Gasteiger partial charge on any atom is -0.480 e. The highest BCUT2D eigenvalue weighted by Gasteiger charge is 2.36. The topological polar surface area (TPSA) is 113 Å². The van der Waals surface area contributed by atoms with Crippen molar-refractivity contribution in [3.8, 4) is 0 Å². The number of aliphatic carboxylic acids is 1. The van der Waals surface area contributed by atoms with Crippen LogP contribution in [0.4, 0.5) is 4.79 Å². The number of Topliss-reactive ketones (excluding diaryl/α,β-unsaturated/α-hetero) is 2. The van der Waals surface area contributed by atoms with E-state index in [1.807, 2.05) is 13.8 Å². The number of amides is 1. The fourth-order valence-electron chi connectivity index (χ4n) is 2.87. The molecule has 1 amide bonds.